The second kappa shape index (κ2) is 7.66. The molecule has 84 valence electrons. The van der Waals surface area contributed by atoms with Crippen LogP contribution < -0.4 is 0 Å². The van der Waals surface area contributed by atoms with Crippen LogP contribution in [0.15, 0.2) is 0 Å². The van der Waals surface area contributed by atoms with Gasteiger partial charge in [-0.15, -0.1) is 0 Å². The smallest absolute Gasteiger partial charge is 0.0593 e. The first-order chi connectivity index (χ1) is 6.86. The molecular formula is C11H22BrNO. The van der Waals surface area contributed by atoms with Crippen molar-refractivity contribution in [3.05, 3.63) is 0 Å². The van der Waals surface area contributed by atoms with Crippen LogP contribution in [0, 0.1) is 5.92 Å². The largest absolute Gasteiger partial charge is 0.380 e. The zero-order chi connectivity index (χ0) is 10.2. The topological polar surface area (TPSA) is 12.5 Å². The molecule has 1 saturated heterocycles. The Morgan fingerprint density at radius 2 is 2.00 bits per heavy atom. The van der Waals surface area contributed by atoms with E-state index in [0.29, 0.717) is 0 Å². The first kappa shape index (κ1) is 12.5. The molecule has 0 aliphatic carbocycles. The third kappa shape index (κ3) is 4.76. The van der Waals surface area contributed by atoms with Crippen LogP contribution in [-0.2, 0) is 4.74 Å². The van der Waals surface area contributed by atoms with Crippen molar-refractivity contribution >= 4 is 15.9 Å². The molecule has 14 heavy (non-hydrogen) atoms. The predicted molar refractivity (Wildman–Crippen MR) is 64.1 cm³/mol. The van der Waals surface area contributed by atoms with Gasteiger partial charge in [0.05, 0.1) is 6.61 Å². The summed E-state index contributed by atoms with van der Waals surface area (Å²) in [6.45, 7) is 7.61. The monoisotopic (exact) mass is 263 g/mol. The molecule has 0 N–H and O–H groups in total. The number of nitrogens with zero attached hydrogens (tertiary/aromatic N) is 1. The Hall–Kier alpha value is 0.400. The fraction of sp³-hybridized carbons (Fsp3) is 1.00. The van der Waals surface area contributed by atoms with Gasteiger partial charge in [0.2, 0.25) is 0 Å². The average molecular weight is 264 g/mol. The van der Waals surface area contributed by atoms with Crippen LogP contribution in [0.4, 0.5) is 0 Å². The van der Waals surface area contributed by atoms with Gasteiger partial charge in [-0.2, -0.15) is 0 Å². The maximum absolute atomic E-state index is 5.49. The Bertz CT molecular complexity index is 135. The van der Waals surface area contributed by atoms with Crippen molar-refractivity contribution in [2.45, 2.75) is 26.2 Å². The summed E-state index contributed by atoms with van der Waals surface area (Å²) >= 11 is 3.56. The molecular weight excluding hydrogens is 242 g/mol. The quantitative estimate of drug-likeness (QED) is 0.540. The van der Waals surface area contributed by atoms with E-state index in [1.165, 1.54) is 31.3 Å². The average Bonchev–Trinajstić information content (AvgIpc) is 2.25. The van der Waals surface area contributed by atoms with Crippen molar-refractivity contribution in [2.24, 2.45) is 5.92 Å². The van der Waals surface area contributed by atoms with Gasteiger partial charge in [0, 0.05) is 18.5 Å². The SMILES string of the molecule is CCCOCCN1CCC(CBr)CC1. The van der Waals surface area contributed by atoms with E-state index in [1.54, 1.807) is 0 Å². The molecule has 0 saturated carbocycles. The third-order valence-electron chi connectivity index (χ3n) is 2.83. The lowest BCUT2D eigenvalue weighted by Crippen LogP contribution is -2.36. The molecule has 0 amide bonds. The van der Waals surface area contributed by atoms with Crippen molar-refractivity contribution in [1.82, 2.24) is 4.90 Å². The highest BCUT2D eigenvalue weighted by Crippen LogP contribution is 2.18. The minimum Gasteiger partial charge on any atom is -0.380 e. The molecule has 0 unspecified atom stereocenters. The highest BCUT2D eigenvalue weighted by molar-refractivity contribution is 9.09. The van der Waals surface area contributed by atoms with Crippen LogP contribution >= 0.6 is 15.9 Å². The number of halogens is 1. The molecule has 1 aliphatic heterocycles. The lowest BCUT2D eigenvalue weighted by atomic mass is 9.99. The summed E-state index contributed by atoms with van der Waals surface area (Å²) in [7, 11) is 0. The van der Waals surface area contributed by atoms with E-state index >= 15 is 0 Å². The second-order valence-electron chi connectivity index (χ2n) is 4.05. The van der Waals surface area contributed by atoms with E-state index in [-0.39, 0.29) is 0 Å². The summed E-state index contributed by atoms with van der Waals surface area (Å²) < 4.78 is 5.49. The molecule has 0 aromatic rings. The molecule has 0 atom stereocenters. The lowest BCUT2D eigenvalue weighted by molar-refractivity contribution is 0.0908. The highest BCUT2D eigenvalue weighted by atomic mass is 79.9. The fourth-order valence-corrected chi connectivity index (χ4v) is 2.45. The van der Waals surface area contributed by atoms with E-state index in [1.807, 2.05) is 0 Å². The molecule has 1 rings (SSSR count). The van der Waals surface area contributed by atoms with Gasteiger partial charge in [0.1, 0.15) is 0 Å². The van der Waals surface area contributed by atoms with Gasteiger partial charge < -0.3 is 9.64 Å². The number of piperidine rings is 1. The molecule has 0 aromatic carbocycles. The number of rotatable bonds is 6. The molecule has 0 radical (unpaired) electrons. The summed E-state index contributed by atoms with van der Waals surface area (Å²) in [4.78, 5) is 2.52. The maximum atomic E-state index is 5.49. The van der Waals surface area contributed by atoms with Crippen LogP contribution in [0.5, 0.6) is 0 Å². The summed E-state index contributed by atoms with van der Waals surface area (Å²) in [5, 5.41) is 1.17. The minimum absolute atomic E-state index is 0.905. The van der Waals surface area contributed by atoms with Gasteiger partial charge in [-0.25, -0.2) is 0 Å². The molecule has 1 fully saturated rings. The van der Waals surface area contributed by atoms with Crippen LogP contribution in [0.1, 0.15) is 26.2 Å². The number of alkyl halides is 1. The van der Waals surface area contributed by atoms with Crippen molar-refractivity contribution in [3.8, 4) is 0 Å². The van der Waals surface area contributed by atoms with Gasteiger partial charge in [-0.1, -0.05) is 22.9 Å². The first-order valence-electron chi connectivity index (χ1n) is 5.73. The maximum Gasteiger partial charge on any atom is 0.0593 e. The Morgan fingerprint density at radius 1 is 1.29 bits per heavy atom. The van der Waals surface area contributed by atoms with Crippen molar-refractivity contribution in [1.29, 1.82) is 0 Å². The Labute approximate surface area is 96.1 Å². The van der Waals surface area contributed by atoms with Crippen molar-refractivity contribution in [3.63, 3.8) is 0 Å². The van der Waals surface area contributed by atoms with Crippen molar-refractivity contribution in [2.75, 3.05) is 38.2 Å². The lowest BCUT2D eigenvalue weighted by Gasteiger charge is -2.30. The molecule has 0 spiro atoms. The molecule has 0 bridgehead atoms. The number of hydrogen-bond acceptors (Lipinski definition) is 2. The Morgan fingerprint density at radius 3 is 2.57 bits per heavy atom. The third-order valence-corrected chi connectivity index (χ3v) is 3.74. The Kier molecular flexibility index (Phi) is 6.82. The van der Waals surface area contributed by atoms with Crippen LogP contribution in [0.2, 0.25) is 0 Å². The Balaban J connectivity index is 1.98. The first-order valence-corrected chi connectivity index (χ1v) is 6.85. The van der Waals surface area contributed by atoms with E-state index in [4.69, 9.17) is 4.74 Å². The van der Waals surface area contributed by atoms with Crippen LogP contribution in [0.3, 0.4) is 0 Å². The second-order valence-corrected chi connectivity index (χ2v) is 4.70. The predicted octanol–water partition coefficient (Wildman–Crippen LogP) is 2.52. The van der Waals surface area contributed by atoms with E-state index < -0.39 is 0 Å². The zero-order valence-corrected chi connectivity index (χ0v) is 10.8. The van der Waals surface area contributed by atoms with Gasteiger partial charge in [-0.3, -0.25) is 0 Å². The molecule has 0 aromatic heterocycles. The zero-order valence-electron chi connectivity index (χ0n) is 9.17. The summed E-state index contributed by atoms with van der Waals surface area (Å²) in [6.07, 6.45) is 3.82. The van der Waals surface area contributed by atoms with E-state index in [9.17, 15) is 0 Å². The minimum atomic E-state index is 0.905. The summed E-state index contributed by atoms with van der Waals surface area (Å²) in [5.74, 6) is 0.905. The van der Waals surface area contributed by atoms with E-state index in [2.05, 4.69) is 27.8 Å². The number of hydrogen-bond donors (Lipinski definition) is 0. The fourth-order valence-electron chi connectivity index (χ4n) is 1.80. The van der Waals surface area contributed by atoms with Crippen molar-refractivity contribution < 1.29 is 4.74 Å². The van der Waals surface area contributed by atoms with Gasteiger partial charge >= 0.3 is 0 Å². The summed E-state index contributed by atoms with van der Waals surface area (Å²) in [5.41, 5.74) is 0. The van der Waals surface area contributed by atoms with Gasteiger partial charge in [0.15, 0.2) is 0 Å². The normalized spacial score (nSPS) is 20.1. The summed E-state index contributed by atoms with van der Waals surface area (Å²) in [6, 6.07) is 0. The molecule has 1 aliphatic rings. The van der Waals surface area contributed by atoms with E-state index in [0.717, 1.165) is 32.1 Å². The standard InChI is InChI=1S/C11H22BrNO/c1-2-8-14-9-7-13-5-3-11(10-12)4-6-13/h11H,2-10H2,1H3. The molecule has 3 heteroatoms. The highest BCUT2D eigenvalue weighted by Gasteiger charge is 2.17. The molecule has 2 nitrogen and oxygen atoms in total. The van der Waals surface area contributed by atoms with Gasteiger partial charge in [-0.05, 0) is 38.3 Å². The molecule has 1 heterocycles. The van der Waals surface area contributed by atoms with Crippen LogP contribution in [0.25, 0.3) is 0 Å². The number of ether oxygens (including phenoxy) is 1. The van der Waals surface area contributed by atoms with Gasteiger partial charge in [0.25, 0.3) is 0 Å². The van der Waals surface area contributed by atoms with Crippen LogP contribution in [-0.4, -0.2) is 43.1 Å². The number of likely N-dealkylation sites (tertiary alicyclic amines) is 1.